The number of rotatable bonds is 3. The molecule has 24 heavy (non-hydrogen) atoms. The van der Waals surface area contributed by atoms with Crippen LogP contribution in [0, 0.1) is 27.7 Å². The van der Waals surface area contributed by atoms with Crippen molar-refractivity contribution in [3.63, 3.8) is 0 Å². The summed E-state index contributed by atoms with van der Waals surface area (Å²) in [6, 6.07) is 5.31. The van der Waals surface area contributed by atoms with Gasteiger partial charge in [0.1, 0.15) is 12.2 Å². The molecule has 1 aromatic heterocycles. The fraction of sp³-hybridized carbons (Fsp3) is 0.316. The first-order chi connectivity index (χ1) is 11.1. The van der Waals surface area contributed by atoms with Gasteiger partial charge in [0.25, 0.3) is 5.56 Å². The zero-order valence-electron chi connectivity index (χ0n) is 14.7. The van der Waals surface area contributed by atoms with Crippen LogP contribution in [0.2, 0.25) is 5.02 Å². The van der Waals surface area contributed by atoms with Crippen molar-refractivity contribution in [2.75, 3.05) is 7.05 Å². The van der Waals surface area contributed by atoms with Gasteiger partial charge in [0.05, 0.1) is 19.5 Å². The molecule has 2 radical (unpaired) electrons. The van der Waals surface area contributed by atoms with Crippen molar-refractivity contribution in [2.45, 2.75) is 34.2 Å². The average molecular weight is 346 g/mol. The highest BCUT2D eigenvalue weighted by molar-refractivity contribution is 6.31. The summed E-state index contributed by atoms with van der Waals surface area (Å²) in [5.41, 5.74) is 4.07. The number of hydrogen-bond donors (Lipinski definition) is 1. The SMILES string of the molecule is [CH]c1cc(Cl)cc([N+](C)(Cc2c(C)cc(C)[nH]c2=O)C(C)=O)c1C. The van der Waals surface area contributed by atoms with Gasteiger partial charge in [-0.1, -0.05) is 11.6 Å². The van der Waals surface area contributed by atoms with E-state index in [4.69, 9.17) is 18.5 Å². The van der Waals surface area contributed by atoms with Gasteiger partial charge in [0.2, 0.25) is 0 Å². The topological polar surface area (TPSA) is 49.9 Å². The Morgan fingerprint density at radius 1 is 1.25 bits per heavy atom. The molecular formula is C19H22ClN2O2+. The molecule has 0 aliphatic rings. The lowest BCUT2D eigenvalue weighted by molar-refractivity contribution is -0.127. The summed E-state index contributed by atoms with van der Waals surface area (Å²) < 4.78 is -0.0798. The van der Waals surface area contributed by atoms with Crippen molar-refractivity contribution in [1.29, 1.82) is 0 Å². The summed E-state index contributed by atoms with van der Waals surface area (Å²) in [4.78, 5) is 27.7. The fourth-order valence-electron chi connectivity index (χ4n) is 2.96. The van der Waals surface area contributed by atoms with Gasteiger partial charge >= 0.3 is 5.91 Å². The smallest absolute Gasteiger partial charge is 0.315 e. The Morgan fingerprint density at radius 3 is 2.42 bits per heavy atom. The summed E-state index contributed by atoms with van der Waals surface area (Å²) in [6.45, 7) is 13.3. The molecule has 126 valence electrons. The molecule has 1 N–H and O–H groups in total. The Morgan fingerprint density at radius 2 is 1.88 bits per heavy atom. The summed E-state index contributed by atoms with van der Waals surface area (Å²) >= 11 is 6.15. The number of halogens is 1. The molecule has 4 nitrogen and oxygen atoms in total. The van der Waals surface area contributed by atoms with Gasteiger partial charge in [0.15, 0.2) is 0 Å². The molecular weight excluding hydrogens is 324 g/mol. The third kappa shape index (κ3) is 3.30. The first-order valence-corrected chi connectivity index (χ1v) is 8.06. The number of benzene rings is 1. The zero-order chi connectivity index (χ0) is 18.2. The third-order valence-corrected chi connectivity index (χ3v) is 4.80. The second kappa shape index (κ2) is 6.54. The number of aryl methyl sites for hydroxylation is 2. The second-order valence-corrected chi connectivity index (χ2v) is 6.89. The normalized spacial score (nSPS) is 13.6. The maximum atomic E-state index is 12.5. The quantitative estimate of drug-likeness (QED) is 0.862. The minimum Gasteiger partial charge on any atom is -0.326 e. The molecule has 1 amide bonds. The first-order valence-electron chi connectivity index (χ1n) is 7.68. The van der Waals surface area contributed by atoms with E-state index in [2.05, 4.69) is 4.98 Å². The van der Waals surface area contributed by atoms with Crippen LogP contribution in [0.5, 0.6) is 0 Å². The predicted molar refractivity (Wildman–Crippen MR) is 98.2 cm³/mol. The Bertz CT molecular complexity index is 870. The van der Waals surface area contributed by atoms with Gasteiger partial charge < -0.3 is 4.98 Å². The lowest BCUT2D eigenvalue weighted by Gasteiger charge is -2.32. The highest BCUT2D eigenvalue weighted by Gasteiger charge is 2.35. The van der Waals surface area contributed by atoms with E-state index in [1.54, 1.807) is 19.2 Å². The Labute approximate surface area is 147 Å². The van der Waals surface area contributed by atoms with E-state index in [0.29, 0.717) is 21.8 Å². The van der Waals surface area contributed by atoms with E-state index < -0.39 is 0 Å². The molecule has 1 aromatic carbocycles. The highest BCUT2D eigenvalue weighted by Crippen LogP contribution is 2.33. The van der Waals surface area contributed by atoms with Crippen LogP contribution in [0.4, 0.5) is 5.69 Å². The molecule has 2 aromatic rings. The van der Waals surface area contributed by atoms with Crippen LogP contribution >= 0.6 is 11.6 Å². The van der Waals surface area contributed by atoms with Crippen molar-refractivity contribution >= 4 is 23.2 Å². The number of H-pyrrole nitrogens is 1. The van der Waals surface area contributed by atoms with Crippen LogP contribution in [0.15, 0.2) is 23.0 Å². The Kier molecular flexibility index (Phi) is 5.02. The van der Waals surface area contributed by atoms with Crippen LogP contribution < -0.4 is 10.0 Å². The molecule has 1 unspecified atom stereocenters. The molecule has 0 aliphatic carbocycles. The maximum absolute atomic E-state index is 12.5. The minimum absolute atomic E-state index is 0.0798. The average Bonchev–Trinajstić information content (AvgIpc) is 2.46. The van der Waals surface area contributed by atoms with Crippen LogP contribution in [-0.2, 0) is 11.3 Å². The van der Waals surface area contributed by atoms with Gasteiger partial charge in [0, 0.05) is 22.3 Å². The molecule has 2 rings (SSSR count). The Hall–Kier alpha value is -1.91. The van der Waals surface area contributed by atoms with Gasteiger partial charge in [-0.2, -0.15) is 0 Å². The lowest BCUT2D eigenvalue weighted by Crippen LogP contribution is -2.50. The number of aromatic nitrogens is 1. The molecule has 0 bridgehead atoms. The van der Waals surface area contributed by atoms with Crippen LogP contribution in [-0.4, -0.2) is 17.9 Å². The zero-order valence-corrected chi connectivity index (χ0v) is 15.4. The van der Waals surface area contributed by atoms with E-state index in [9.17, 15) is 9.59 Å². The second-order valence-electron chi connectivity index (χ2n) is 6.45. The van der Waals surface area contributed by atoms with Crippen molar-refractivity contribution < 1.29 is 4.79 Å². The number of nitrogens with one attached hydrogen (secondary N) is 1. The summed E-state index contributed by atoms with van der Waals surface area (Å²) in [6.07, 6.45) is 0. The minimum atomic E-state index is -0.175. The van der Waals surface area contributed by atoms with Gasteiger partial charge in [-0.15, -0.1) is 0 Å². The molecule has 0 spiro atoms. The number of hydrogen-bond acceptors (Lipinski definition) is 2. The van der Waals surface area contributed by atoms with Crippen molar-refractivity contribution in [3.05, 3.63) is 68.4 Å². The molecule has 0 aliphatic heterocycles. The van der Waals surface area contributed by atoms with Gasteiger partial charge in [-0.05, 0) is 51.0 Å². The number of nitrogens with zero attached hydrogens (tertiary/aromatic N) is 1. The van der Waals surface area contributed by atoms with Crippen LogP contribution in [0.1, 0.15) is 34.9 Å². The number of aromatic amines is 1. The Balaban J connectivity index is 2.67. The molecule has 1 heterocycles. The third-order valence-electron chi connectivity index (χ3n) is 4.58. The van der Waals surface area contributed by atoms with E-state index in [1.165, 1.54) is 6.92 Å². The highest BCUT2D eigenvalue weighted by atomic mass is 35.5. The number of carbonyl (C=O) groups excluding carboxylic acids is 1. The number of quaternary nitrogens is 1. The monoisotopic (exact) mass is 345 g/mol. The predicted octanol–water partition coefficient (Wildman–Crippen LogP) is 3.70. The van der Waals surface area contributed by atoms with E-state index in [0.717, 1.165) is 16.8 Å². The van der Waals surface area contributed by atoms with Gasteiger partial charge in [-0.25, -0.2) is 9.28 Å². The largest absolute Gasteiger partial charge is 0.326 e. The number of amides is 1. The van der Waals surface area contributed by atoms with Crippen molar-refractivity contribution in [2.24, 2.45) is 0 Å². The van der Waals surface area contributed by atoms with Crippen LogP contribution in [0.25, 0.3) is 0 Å². The van der Waals surface area contributed by atoms with Gasteiger partial charge in [-0.3, -0.25) is 4.79 Å². The standard InChI is InChI=1S/C19H21ClN2O2/c1-11-8-16(20)9-18(14(11)4)22(6,15(5)23)10-17-12(2)7-13(3)21-19(17)24/h1,7-9H,10H2,2-6H3/p+1. The summed E-state index contributed by atoms with van der Waals surface area (Å²) in [7, 11) is 1.78. The van der Waals surface area contributed by atoms with Crippen molar-refractivity contribution in [1.82, 2.24) is 9.47 Å². The number of carbonyl (C=O) groups is 1. The molecule has 0 saturated heterocycles. The molecule has 0 saturated carbocycles. The van der Waals surface area contributed by atoms with E-state index in [-0.39, 0.29) is 22.5 Å². The lowest BCUT2D eigenvalue weighted by atomic mass is 10.0. The number of pyridine rings is 1. The first kappa shape index (κ1) is 18.4. The van der Waals surface area contributed by atoms with E-state index >= 15 is 0 Å². The van der Waals surface area contributed by atoms with Crippen LogP contribution in [0.3, 0.4) is 0 Å². The maximum Gasteiger partial charge on any atom is 0.315 e. The molecule has 5 heteroatoms. The fourth-order valence-corrected chi connectivity index (χ4v) is 3.18. The molecule has 1 atom stereocenters. The van der Waals surface area contributed by atoms with Crippen molar-refractivity contribution in [3.8, 4) is 0 Å². The van der Waals surface area contributed by atoms with E-state index in [1.807, 2.05) is 26.8 Å². The molecule has 0 fully saturated rings. The summed E-state index contributed by atoms with van der Waals surface area (Å²) in [5, 5.41) is 0.466. The summed E-state index contributed by atoms with van der Waals surface area (Å²) in [5.74, 6) is -0.0980.